The first kappa shape index (κ1) is 14.0. The molecule has 2 N–H and O–H groups in total. The molecule has 0 heterocycles. The summed E-state index contributed by atoms with van der Waals surface area (Å²) in [6.07, 6.45) is 3.42. The first-order valence-corrected chi connectivity index (χ1v) is 7.19. The Morgan fingerprint density at radius 1 is 1.39 bits per heavy atom. The molecular formula is C15H26O3. The third-order valence-electron chi connectivity index (χ3n) is 6.06. The minimum Gasteiger partial charge on any atom is -0.396 e. The summed E-state index contributed by atoms with van der Waals surface area (Å²) in [6, 6.07) is 0. The van der Waals surface area contributed by atoms with Crippen molar-refractivity contribution in [2.45, 2.75) is 59.0 Å². The number of hydrogen-bond donors (Lipinski definition) is 2. The quantitative estimate of drug-likeness (QED) is 0.794. The smallest absolute Gasteiger partial charge is 0.141 e. The summed E-state index contributed by atoms with van der Waals surface area (Å²) in [4.78, 5) is 12.3. The number of carbonyl (C=O) groups excluding carboxylic acids is 1. The van der Waals surface area contributed by atoms with Gasteiger partial charge >= 0.3 is 0 Å². The van der Waals surface area contributed by atoms with Gasteiger partial charge < -0.3 is 10.2 Å². The van der Waals surface area contributed by atoms with Crippen molar-refractivity contribution < 1.29 is 15.0 Å². The molecule has 2 rings (SSSR count). The molecular weight excluding hydrogens is 228 g/mol. The average molecular weight is 254 g/mol. The van der Waals surface area contributed by atoms with E-state index in [9.17, 15) is 15.0 Å². The molecule has 5 atom stereocenters. The molecule has 2 fully saturated rings. The topological polar surface area (TPSA) is 57.5 Å². The van der Waals surface area contributed by atoms with Crippen molar-refractivity contribution in [2.24, 2.45) is 22.7 Å². The summed E-state index contributed by atoms with van der Waals surface area (Å²) >= 11 is 0. The van der Waals surface area contributed by atoms with Crippen molar-refractivity contribution in [1.82, 2.24) is 0 Å². The third-order valence-corrected chi connectivity index (χ3v) is 6.06. The van der Waals surface area contributed by atoms with Gasteiger partial charge in [-0.1, -0.05) is 13.8 Å². The van der Waals surface area contributed by atoms with Gasteiger partial charge in [-0.2, -0.15) is 0 Å². The first-order valence-electron chi connectivity index (χ1n) is 7.19. The average Bonchev–Trinajstić information content (AvgIpc) is 2.31. The standard InChI is InChI=1S/C15H26O3/c1-10-9-13(18)15(3)11(5-4-6-12(15)17)14(10,2)7-8-16/h10-11,13,16,18H,4-9H2,1-3H3/t10-,11+,13-,14-,15+/m1/s1. The molecule has 3 heteroatoms. The third kappa shape index (κ3) is 1.75. The molecule has 0 spiro atoms. The van der Waals surface area contributed by atoms with E-state index in [2.05, 4.69) is 13.8 Å². The summed E-state index contributed by atoms with van der Waals surface area (Å²) in [5.41, 5.74) is -0.618. The van der Waals surface area contributed by atoms with Crippen molar-refractivity contribution in [1.29, 1.82) is 0 Å². The maximum atomic E-state index is 12.3. The molecule has 2 saturated carbocycles. The van der Waals surface area contributed by atoms with Gasteiger partial charge in [0.1, 0.15) is 5.78 Å². The van der Waals surface area contributed by atoms with E-state index in [0.29, 0.717) is 18.8 Å². The number of Topliss-reactive ketones (excluding diaryl/α,β-unsaturated/α-hetero) is 1. The summed E-state index contributed by atoms with van der Waals surface area (Å²) < 4.78 is 0. The Balaban J connectivity index is 2.41. The fourth-order valence-corrected chi connectivity index (χ4v) is 4.52. The van der Waals surface area contributed by atoms with E-state index in [1.54, 1.807) is 0 Å². The highest BCUT2D eigenvalue weighted by atomic mass is 16.3. The molecule has 2 aliphatic rings. The predicted octanol–water partition coefficient (Wildman–Crippen LogP) is 2.15. The molecule has 0 radical (unpaired) electrons. The molecule has 0 saturated heterocycles. The lowest BCUT2D eigenvalue weighted by atomic mass is 9.46. The van der Waals surface area contributed by atoms with Crippen LogP contribution in [0.15, 0.2) is 0 Å². The molecule has 0 aromatic rings. The van der Waals surface area contributed by atoms with Crippen molar-refractivity contribution in [2.75, 3.05) is 6.61 Å². The predicted molar refractivity (Wildman–Crippen MR) is 70.1 cm³/mol. The molecule has 0 aliphatic heterocycles. The van der Waals surface area contributed by atoms with E-state index in [1.165, 1.54) is 0 Å². The lowest BCUT2D eigenvalue weighted by molar-refractivity contribution is -0.174. The van der Waals surface area contributed by atoms with Gasteiger partial charge in [-0.05, 0) is 49.9 Å². The Labute approximate surface area is 110 Å². The Kier molecular flexibility index (Phi) is 3.58. The summed E-state index contributed by atoms with van der Waals surface area (Å²) in [6.45, 7) is 6.46. The normalized spacial score (nSPS) is 48.9. The van der Waals surface area contributed by atoms with Gasteiger partial charge in [-0.25, -0.2) is 0 Å². The van der Waals surface area contributed by atoms with Gasteiger partial charge in [0.25, 0.3) is 0 Å². The summed E-state index contributed by atoms with van der Waals surface area (Å²) in [5, 5.41) is 19.8. The maximum absolute atomic E-state index is 12.3. The van der Waals surface area contributed by atoms with Gasteiger partial charge in [0, 0.05) is 13.0 Å². The minimum absolute atomic E-state index is 0.0290. The SMILES string of the molecule is C[C@@H]1C[C@@H](O)[C@]2(C)C(=O)CCC[C@H]2[C@]1(C)CCO. The Hall–Kier alpha value is -0.410. The number of ketones is 1. The zero-order valence-electron chi connectivity index (χ0n) is 11.8. The van der Waals surface area contributed by atoms with Crippen LogP contribution in [-0.4, -0.2) is 28.7 Å². The van der Waals surface area contributed by atoms with Crippen LogP contribution < -0.4 is 0 Å². The van der Waals surface area contributed by atoms with E-state index in [-0.39, 0.29) is 23.7 Å². The van der Waals surface area contributed by atoms with Crippen LogP contribution in [0, 0.1) is 22.7 Å². The molecule has 3 nitrogen and oxygen atoms in total. The first-order chi connectivity index (χ1) is 8.37. The minimum atomic E-state index is -0.589. The monoisotopic (exact) mass is 254 g/mol. The van der Waals surface area contributed by atoms with Crippen LogP contribution in [-0.2, 0) is 4.79 Å². The van der Waals surface area contributed by atoms with Crippen molar-refractivity contribution in [3.05, 3.63) is 0 Å². The van der Waals surface area contributed by atoms with Crippen LogP contribution in [0.2, 0.25) is 0 Å². The number of rotatable bonds is 2. The van der Waals surface area contributed by atoms with Crippen molar-refractivity contribution in [3.63, 3.8) is 0 Å². The molecule has 0 unspecified atom stereocenters. The second-order valence-corrected chi connectivity index (χ2v) is 6.78. The van der Waals surface area contributed by atoms with Crippen LogP contribution in [0.25, 0.3) is 0 Å². The highest BCUT2D eigenvalue weighted by molar-refractivity contribution is 5.86. The highest BCUT2D eigenvalue weighted by Crippen LogP contribution is 2.59. The zero-order valence-corrected chi connectivity index (χ0v) is 11.8. The van der Waals surface area contributed by atoms with E-state index < -0.39 is 11.5 Å². The molecule has 0 aromatic heterocycles. The molecule has 0 amide bonds. The summed E-state index contributed by atoms with van der Waals surface area (Å²) in [5.74, 6) is 0.781. The van der Waals surface area contributed by atoms with Gasteiger partial charge in [0.2, 0.25) is 0 Å². The zero-order chi connectivity index (χ0) is 13.6. The van der Waals surface area contributed by atoms with E-state index in [1.807, 2.05) is 6.92 Å². The number of hydrogen-bond acceptors (Lipinski definition) is 3. The van der Waals surface area contributed by atoms with E-state index in [4.69, 9.17) is 0 Å². The molecule has 104 valence electrons. The Morgan fingerprint density at radius 2 is 2.06 bits per heavy atom. The van der Waals surface area contributed by atoms with E-state index in [0.717, 1.165) is 19.3 Å². The van der Waals surface area contributed by atoms with Crippen LogP contribution >= 0.6 is 0 Å². The largest absolute Gasteiger partial charge is 0.396 e. The lowest BCUT2D eigenvalue weighted by Gasteiger charge is -2.58. The van der Waals surface area contributed by atoms with Gasteiger partial charge in [0.05, 0.1) is 11.5 Å². The number of fused-ring (bicyclic) bond motifs is 1. The molecule has 0 aromatic carbocycles. The van der Waals surface area contributed by atoms with Crippen LogP contribution in [0.4, 0.5) is 0 Å². The van der Waals surface area contributed by atoms with Gasteiger partial charge in [0.15, 0.2) is 0 Å². The number of aliphatic hydroxyl groups excluding tert-OH is 2. The fourth-order valence-electron chi connectivity index (χ4n) is 4.52. The number of carbonyl (C=O) groups is 1. The Bertz CT molecular complexity index is 341. The van der Waals surface area contributed by atoms with E-state index >= 15 is 0 Å². The van der Waals surface area contributed by atoms with Crippen LogP contribution in [0.1, 0.15) is 52.9 Å². The second kappa shape index (κ2) is 4.61. The maximum Gasteiger partial charge on any atom is 0.141 e. The Morgan fingerprint density at radius 3 is 2.67 bits per heavy atom. The van der Waals surface area contributed by atoms with Gasteiger partial charge in [-0.3, -0.25) is 4.79 Å². The van der Waals surface area contributed by atoms with Crippen LogP contribution in [0.3, 0.4) is 0 Å². The molecule has 2 aliphatic carbocycles. The van der Waals surface area contributed by atoms with Crippen LogP contribution in [0.5, 0.6) is 0 Å². The second-order valence-electron chi connectivity index (χ2n) is 6.78. The van der Waals surface area contributed by atoms with Crippen molar-refractivity contribution >= 4 is 5.78 Å². The molecule has 18 heavy (non-hydrogen) atoms. The van der Waals surface area contributed by atoms with Gasteiger partial charge in [-0.15, -0.1) is 0 Å². The lowest BCUT2D eigenvalue weighted by Crippen LogP contribution is -2.60. The highest BCUT2D eigenvalue weighted by Gasteiger charge is 2.59. The molecule has 0 bridgehead atoms. The number of aliphatic hydroxyl groups is 2. The van der Waals surface area contributed by atoms with Crippen molar-refractivity contribution in [3.8, 4) is 0 Å². The summed E-state index contributed by atoms with van der Waals surface area (Å²) in [7, 11) is 0. The fraction of sp³-hybridized carbons (Fsp3) is 0.933.